The van der Waals surface area contributed by atoms with Crippen LogP contribution < -0.4 is 14.8 Å². The monoisotopic (exact) mass is 486 g/mol. The minimum absolute atomic E-state index is 0.0570. The molecule has 4 rings (SSSR count). The SMILES string of the molecule is COc1ccc(C(=O)CCC(=O)Nc2nc(-c3ccccc3)c(Cc3ccccc3)s2)cc1OC. The normalized spacial score (nSPS) is 10.6. The molecule has 0 radical (unpaired) electrons. The number of methoxy groups -OCH3 is 2. The van der Waals surface area contributed by atoms with Crippen LogP contribution in [0.3, 0.4) is 0 Å². The van der Waals surface area contributed by atoms with Gasteiger partial charge in [0, 0.05) is 35.3 Å². The highest BCUT2D eigenvalue weighted by atomic mass is 32.1. The van der Waals surface area contributed by atoms with E-state index in [-0.39, 0.29) is 24.5 Å². The van der Waals surface area contributed by atoms with Crippen molar-refractivity contribution < 1.29 is 19.1 Å². The van der Waals surface area contributed by atoms with E-state index in [1.807, 2.05) is 48.5 Å². The highest BCUT2D eigenvalue weighted by Gasteiger charge is 2.17. The lowest BCUT2D eigenvalue weighted by Gasteiger charge is -2.09. The summed E-state index contributed by atoms with van der Waals surface area (Å²) in [6, 6.07) is 25.1. The zero-order valence-corrected chi connectivity index (χ0v) is 20.4. The van der Waals surface area contributed by atoms with E-state index < -0.39 is 0 Å². The number of rotatable bonds is 10. The second-order valence-corrected chi connectivity index (χ2v) is 8.94. The van der Waals surface area contributed by atoms with Crippen molar-refractivity contribution in [1.29, 1.82) is 0 Å². The largest absolute Gasteiger partial charge is 0.493 e. The standard InChI is InChI=1S/C28H26N2O4S/c1-33-23-15-13-21(18-24(23)34-2)22(31)14-16-26(32)29-28-30-27(20-11-7-4-8-12-20)25(35-28)17-19-9-5-3-6-10-19/h3-13,15,18H,14,16-17H2,1-2H3,(H,29,30,32). The summed E-state index contributed by atoms with van der Waals surface area (Å²) in [4.78, 5) is 31.1. The number of benzene rings is 3. The fraction of sp³-hybridized carbons (Fsp3) is 0.179. The Morgan fingerprint density at radius 3 is 2.23 bits per heavy atom. The smallest absolute Gasteiger partial charge is 0.226 e. The molecular weight excluding hydrogens is 460 g/mol. The number of aromatic nitrogens is 1. The topological polar surface area (TPSA) is 77.5 Å². The van der Waals surface area contributed by atoms with Crippen molar-refractivity contribution in [2.24, 2.45) is 0 Å². The molecule has 178 valence electrons. The van der Waals surface area contributed by atoms with E-state index in [1.165, 1.54) is 31.1 Å². The molecule has 1 N–H and O–H groups in total. The average Bonchev–Trinajstić information content (AvgIpc) is 3.29. The molecule has 0 spiro atoms. The molecule has 0 bridgehead atoms. The van der Waals surface area contributed by atoms with Crippen LogP contribution in [-0.4, -0.2) is 30.9 Å². The molecule has 1 heterocycles. The number of nitrogens with zero attached hydrogens (tertiary/aromatic N) is 1. The highest BCUT2D eigenvalue weighted by molar-refractivity contribution is 7.16. The molecule has 1 amide bonds. The number of Topliss-reactive ketones (excluding diaryl/α,β-unsaturated/α-hetero) is 1. The summed E-state index contributed by atoms with van der Waals surface area (Å²) in [6.07, 6.45) is 0.854. The van der Waals surface area contributed by atoms with Crippen LogP contribution in [0, 0.1) is 0 Å². The number of carbonyl (C=O) groups is 2. The van der Waals surface area contributed by atoms with Gasteiger partial charge in [-0.2, -0.15) is 0 Å². The van der Waals surface area contributed by atoms with Gasteiger partial charge in [-0.15, -0.1) is 11.3 Å². The van der Waals surface area contributed by atoms with Gasteiger partial charge in [-0.25, -0.2) is 4.98 Å². The average molecular weight is 487 g/mol. The molecule has 0 aliphatic carbocycles. The Hall–Kier alpha value is -3.97. The second-order valence-electron chi connectivity index (χ2n) is 7.86. The third kappa shape index (κ3) is 6.13. The number of amides is 1. The summed E-state index contributed by atoms with van der Waals surface area (Å²) in [5.74, 6) is 0.629. The Morgan fingerprint density at radius 2 is 1.54 bits per heavy atom. The summed E-state index contributed by atoms with van der Waals surface area (Å²) in [5, 5.41) is 3.40. The van der Waals surface area contributed by atoms with Crippen LogP contribution in [0.1, 0.15) is 33.6 Å². The Labute approximate surface area is 208 Å². The van der Waals surface area contributed by atoms with Crippen LogP contribution in [0.2, 0.25) is 0 Å². The number of hydrogen-bond acceptors (Lipinski definition) is 6. The first-order valence-corrected chi connectivity index (χ1v) is 12.0. The van der Waals surface area contributed by atoms with Crippen LogP contribution in [-0.2, 0) is 11.2 Å². The molecule has 0 aliphatic rings. The number of hydrogen-bond donors (Lipinski definition) is 1. The number of ether oxygens (including phenoxy) is 2. The van der Waals surface area contributed by atoms with Crippen molar-refractivity contribution in [1.82, 2.24) is 4.98 Å². The van der Waals surface area contributed by atoms with Crippen LogP contribution in [0.25, 0.3) is 11.3 Å². The van der Waals surface area contributed by atoms with Gasteiger partial charge < -0.3 is 14.8 Å². The maximum absolute atomic E-state index is 12.6. The first-order chi connectivity index (χ1) is 17.1. The van der Waals surface area contributed by atoms with Crippen molar-refractivity contribution in [3.05, 3.63) is 94.9 Å². The molecule has 1 aromatic heterocycles. The lowest BCUT2D eigenvalue weighted by atomic mass is 10.1. The third-order valence-corrected chi connectivity index (χ3v) is 6.45. The van der Waals surface area contributed by atoms with E-state index in [1.54, 1.807) is 18.2 Å². The Morgan fingerprint density at radius 1 is 0.857 bits per heavy atom. The molecule has 0 unspecified atom stereocenters. The van der Waals surface area contributed by atoms with E-state index in [2.05, 4.69) is 17.4 Å². The molecule has 4 aromatic rings. The van der Waals surface area contributed by atoms with Gasteiger partial charge in [0.25, 0.3) is 0 Å². The van der Waals surface area contributed by atoms with Gasteiger partial charge in [0.2, 0.25) is 5.91 Å². The van der Waals surface area contributed by atoms with Crippen LogP contribution in [0.15, 0.2) is 78.9 Å². The lowest BCUT2D eigenvalue weighted by Crippen LogP contribution is -2.13. The first kappa shape index (κ1) is 24.2. The number of anilines is 1. The quantitative estimate of drug-likeness (QED) is 0.277. The Bertz CT molecular complexity index is 1300. The summed E-state index contributed by atoms with van der Waals surface area (Å²) < 4.78 is 10.5. The summed E-state index contributed by atoms with van der Waals surface area (Å²) in [7, 11) is 3.06. The van der Waals surface area contributed by atoms with Gasteiger partial charge in [-0.1, -0.05) is 60.7 Å². The van der Waals surface area contributed by atoms with Crippen molar-refractivity contribution in [2.75, 3.05) is 19.5 Å². The predicted molar refractivity (Wildman–Crippen MR) is 139 cm³/mol. The third-order valence-electron chi connectivity index (χ3n) is 5.48. The zero-order chi connectivity index (χ0) is 24.6. The predicted octanol–water partition coefficient (Wildman–Crippen LogP) is 6.02. The summed E-state index contributed by atoms with van der Waals surface area (Å²) in [6.45, 7) is 0. The van der Waals surface area contributed by atoms with Crippen molar-refractivity contribution in [3.63, 3.8) is 0 Å². The van der Waals surface area contributed by atoms with E-state index in [0.717, 1.165) is 22.6 Å². The van der Waals surface area contributed by atoms with Gasteiger partial charge in [0.05, 0.1) is 19.9 Å². The van der Waals surface area contributed by atoms with Gasteiger partial charge in [-0.3, -0.25) is 9.59 Å². The molecule has 0 saturated carbocycles. The van der Waals surface area contributed by atoms with E-state index in [9.17, 15) is 9.59 Å². The molecule has 7 heteroatoms. The van der Waals surface area contributed by atoms with E-state index >= 15 is 0 Å². The first-order valence-electron chi connectivity index (χ1n) is 11.2. The Kier molecular flexibility index (Phi) is 7.90. The summed E-state index contributed by atoms with van der Waals surface area (Å²) >= 11 is 1.46. The Balaban J connectivity index is 1.45. The van der Waals surface area contributed by atoms with Gasteiger partial charge in [0.15, 0.2) is 22.4 Å². The molecule has 0 fully saturated rings. The van der Waals surface area contributed by atoms with Gasteiger partial charge in [-0.05, 0) is 23.8 Å². The number of nitrogens with one attached hydrogen (secondary N) is 1. The molecule has 6 nitrogen and oxygen atoms in total. The molecule has 0 atom stereocenters. The highest BCUT2D eigenvalue weighted by Crippen LogP contribution is 2.33. The molecule has 35 heavy (non-hydrogen) atoms. The van der Waals surface area contributed by atoms with Crippen LogP contribution in [0.5, 0.6) is 11.5 Å². The minimum Gasteiger partial charge on any atom is -0.493 e. The van der Waals surface area contributed by atoms with E-state index in [4.69, 9.17) is 14.5 Å². The fourth-order valence-electron chi connectivity index (χ4n) is 3.69. The second kappa shape index (κ2) is 11.4. The van der Waals surface area contributed by atoms with Crippen molar-refractivity contribution in [2.45, 2.75) is 19.3 Å². The van der Waals surface area contributed by atoms with Crippen LogP contribution >= 0.6 is 11.3 Å². The number of carbonyl (C=O) groups excluding carboxylic acids is 2. The van der Waals surface area contributed by atoms with E-state index in [0.29, 0.717) is 22.2 Å². The van der Waals surface area contributed by atoms with Crippen molar-refractivity contribution >= 4 is 28.2 Å². The minimum atomic E-state index is -0.251. The zero-order valence-electron chi connectivity index (χ0n) is 19.6. The molecule has 3 aromatic carbocycles. The molecule has 0 aliphatic heterocycles. The molecule has 0 saturated heterocycles. The number of thiazole rings is 1. The van der Waals surface area contributed by atoms with Crippen LogP contribution in [0.4, 0.5) is 5.13 Å². The number of ketones is 1. The maximum atomic E-state index is 12.6. The fourth-order valence-corrected chi connectivity index (χ4v) is 4.72. The molecular formula is C28H26N2O4S. The van der Waals surface area contributed by atoms with Gasteiger partial charge in [0.1, 0.15) is 0 Å². The van der Waals surface area contributed by atoms with Crippen molar-refractivity contribution in [3.8, 4) is 22.8 Å². The van der Waals surface area contributed by atoms with Gasteiger partial charge >= 0.3 is 0 Å². The summed E-state index contributed by atoms with van der Waals surface area (Å²) in [5.41, 5.74) is 3.50. The maximum Gasteiger partial charge on any atom is 0.226 e. The lowest BCUT2D eigenvalue weighted by molar-refractivity contribution is -0.116.